The monoisotopic (exact) mass is 464 g/mol. The van der Waals surface area contributed by atoms with Crippen LogP contribution in [0.5, 0.6) is 5.75 Å². The molecule has 1 atom stereocenters. The fraction of sp³-hybridized carbons (Fsp3) is 0.286. The van der Waals surface area contributed by atoms with E-state index < -0.39 is 0 Å². The summed E-state index contributed by atoms with van der Waals surface area (Å²) in [6.45, 7) is 4.03. The van der Waals surface area contributed by atoms with Gasteiger partial charge in [0.05, 0.1) is 15.8 Å². The van der Waals surface area contributed by atoms with Crippen LogP contribution in [0.3, 0.4) is 0 Å². The number of anilines is 1. The molecule has 0 saturated carbocycles. The molecular weight excluding hydrogens is 443 g/mol. The summed E-state index contributed by atoms with van der Waals surface area (Å²) in [6.07, 6.45) is 0.701. The standard InChI is InChI=1S/C21H22Cl2N4O2S/c1-4-14-5-8-16(9-6-14)29-13(2)20-25-26-21(27(20)3)30-12-19(28)24-15-7-10-17(22)18(23)11-15/h5-11,13H,4,12H2,1-3H3,(H,24,28)/t13-/m1/s1. The number of carbonyl (C=O) groups excluding carboxylic acids is 1. The van der Waals surface area contributed by atoms with Crippen LogP contribution in [0.15, 0.2) is 47.6 Å². The molecule has 0 radical (unpaired) electrons. The van der Waals surface area contributed by atoms with E-state index in [1.165, 1.54) is 17.3 Å². The van der Waals surface area contributed by atoms with Crippen molar-refractivity contribution in [1.29, 1.82) is 0 Å². The van der Waals surface area contributed by atoms with E-state index in [1.54, 1.807) is 18.2 Å². The van der Waals surface area contributed by atoms with Crippen LogP contribution in [0.1, 0.15) is 31.3 Å². The number of amides is 1. The normalized spacial score (nSPS) is 11.9. The third kappa shape index (κ3) is 5.68. The Morgan fingerprint density at radius 3 is 2.57 bits per heavy atom. The summed E-state index contributed by atoms with van der Waals surface area (Å²) in [5, 5.41) is 12.7. The topological polar surface area (TPSA) is 69.0 Å². The Labute approximate surface area is 189 Å². The Balaban J connectivity index is 1.57. The lowest BCUT2D eigenvalue weighted by Gasteiger charge is -2.14. The summed E-state index contributed by atoms with van der Waals surface area (Å²) in [6, 6.07) is 12.9. The first-order valence-electron chi connectivity index (χ1n) is 9.40. The molecule has 1 aromatic heterocycles. The van der Waals surface area contributed by atoms with E-state index in [0.29, 0.717) is 26.7 Å². The molecule has 0 saturated heterocycles. The van der Waals surface area contributed by atoms with Crippen molar-refractivity contribution in [2.75, 3.05) is 11.1 Å². The van der Waals surface area contributed by atoms with Gasteiger partial charge in [0.15, 0.2) is 17.1 Å². The lowest BCUT2D eigenvalue weighted by atomic mass is 10.2. The van der Waals surface area contributed by atoms with Crippen molar-refractivity contribution in [2.24, 2.45) is 7.05 Å². The molecule has 1 heterocycles. The predicted molar refractivity (Wildman–Crippen MR) is 122 cm³/mol. The number of hydrogen-bond donors (Lipinski definition) is 1. The van der Waals surface area contributed by atoms with Gasteiger partial charge in [-0.05, 0) is 49.2 Å². The maximum absolute atomic E-state index is 12.2. The van der Waals surface area contributed by atoms with Crippen molar-refractivity contribution >= 4 is 46.6 Å². The first-order valence-corrected chi connectivity index (χ1v) is 11.1. The largest absolute Gasteiger partial charge is 0.483 e. The van der Waals surface area contributed by atoms with Gasteiger partial charge >= 0.3 is 0 Å². The average molecular weight is 465 g/mol. The van der Waals surface area contributed by atoms with Crippen LogP contribution in [0.2, 0.25) is 10.0 Å². The fourth-order valence-electron chi connectivity index (χ4n) is 2.77. The number of carbonyl (C=O) groups is 1. The molecule has 0 aliphatic heterocycles. The highest BCUT2D eigenvalue weighted by Gasteiger charge is 2.18. The Kier molecular flexibility index (Phi) is 7.64. The Hall–Kier alpha value is -2.22. The summed E-state index contributed by atoms with van der Waals surface area (Å²) in [4.78, 5) is 12.2. The van der Waals surface area contributed by atoms with Gasteiger partial charge in [-0.25, -0.2) is 0 Å². The zero-order chi connectivity index (χ0) is 21.7. The minimum absolute atomic E-state index is 0.178. The van der Waals surface area contributed by atoms with E-state index >= 15 is 0 Å². The number of aromatic nitrogens is 3. The number of halogens is 2. The molecule has 0 unspecified atom stereocenters. The second-order valence-electron chi connectivity index (χ2n) is 6.62. The molecule has 3 rings (SSSR count). The van der Waals surface area contributed by atoms with Crippen LogP contribution in [-0.2, 0) is 18.3 Å². The lowest BCUT2D eigenvalue weighted by Crippen LogP contribution is -2.15. The lowest BCUT2D eigenvalue weighted by molar-refractivity contribution is -0.113. The van der Waals surface area contributed by atoms with Gasteiger partial charge in [0.1, 0.15) is 5.75 Å². The summed E-state index contributed by atoms with van der Waals surface area (Å²) in [7, 11) is 1.86. The van der Waals surface area contributed by atoms with E-state index in [1.807, 2.05) is 42.8 Å². The number of nitrogens with zero attached hydrogens (tertiary/aromatic N) is 3. The first-order chi connectivity index (χ1) is 14.4. The van der Waals surface area contributed by atoms with Crippen LogP contribution in [0.4, 0.5) is 5.69 Å². The second kappa shape index (κ2) is 10.2. The third-order valence-corrected chi connectivity index (χ3v) is 6.17. The molecule has 0 aliphatic carbocycles. The molecule has 30 heavy (non-hydrogen) atoms. The number of aryl methyl sites for hydroxylation is 1. The zero-order valence-corrected chi connectivity index (χ0v) is 19.2. The highest BCUT2D eigenvalue weighted by atomic mass is 35.5. The summed E-state index contributed by atoms with van der Waals surface area (Å²) < 4.78 is 7.82. The van der Waals surface area contributed by atoms with Gasteiger partial charge < -0.3 is 14.6 Å². The van der Waals surface area contributed by atoms with Crippen molar-refractivity contribution in [3.8, 4) is 5.75 Å². The van der Waals surface area contributed by atoms with Crippen molar-refractivity contribution in [3.63, 3.8) is 0 Å². The van der Waals surface area contributed by atoms with Gasteiger partial charge in [0.25, 0.3) is 0 Å². The maximum atomic E-state index is 12.2. The highest BCUT2D eigenvalue weighted by molar-refractivity contribution is 7.99. The van der Waals surface area contributed by atoms with Crippen LogP contribution >= 0.6 is 35.0 Å². The minimum Gasteiger partial charge on any atom is -0.483 e. The quantitative estimate of drug-likeness (QED) is 0.442. The molecule has 158 valence electrons. The molecule has 3 aromatic rings. The second-order valence-corrected chi connectivity index (χ2v) is 8.38. The summed E-state index contributed by atoms with van der Waals surface area (Å²) in [5.41, 5.74) is 1.84. The molecule has 0 fully saturated rings. The SMILES string of the molecule is CCc1ccc(O[C@H](C)c2nnc(SCC(=O)Nc3ccc(Cl)c(Cl)c3)n2C)cc1. The number of benzene rings is 2. The molecular formula is C21H22Cl2N4O2S. The van der Waals surface area contributed by atoms with Gasteiger partial charge in [-0.15, -0.1) is 10.2 Å². The van der Waals surface area contributed by atoms with Gasteiger partial charge in [0.2, 0.25) is 5.91 Å². The molecule has 1 N–H and O–H groups in total. The van der Waals surface area contributed by atoms with Crippen molar-refractivity contribution in [3.05, 3.63) is 63.9 Å². The molecule has 2 aromatic carbocycles. The third-order valence-electron chi connectivity index (χ3n) is 4.41. The minimum atomic E-state index is -0.283. The van der Waals surface area contributed by atoms with E-state index in [9.17, 15) is 4.79 Å². The molecule has 0 bridgehead atoms. The van der Waals surface area contributed by atoms with E-state index in [-0.39, 0.29) is 17.8 Å². The van der Waals surface area contributed by atoms with Gasteiger partial charge in [-0.1, -0.05) is 54.0 Å². The molecule has 0 aliphatic rings. The van der Waals surface area contributed by atoms with E-state index in [4.69, 9.17) is 27.9 Å². The van der Waals surface area contributed by atoms with Gasteiger partial charge in [-0.2, -0.15) is 0 Å². The van der Waals surface area contributed by atoms with Crippen molar-refractivity contribution in [1.82, 2.24) is 14.8 Å². The van der Waals surface area contributed by atoms with Crippen LogP contribution < -0.4 is 10.1 Å². The summed E-state index contributed by atoms with van der Waals surface area (Å²) in [5.74, 6) is 1.46. The molecule has 1 amide bonds. The smallest absolute Gasteiger partial charge is 0.234 e. The zero-order valence-electron chi connectivity index (χ0n) is 16.9. The van der Waals surface area contributed by atoms with Crippen LogP contribution in [-0.4, -0.2) is 26.4 Å². The van der Waals surface area contributed by atoms with Gasteiger partial charge in [-0.3, -0.25) is 4.79 Å². The number of nitrogens with one attached hydrogen (secondary N) is 1. The average Bonchev–Trinajstić information content (AvgIpc) is 3.10. The van der Waals surface area contributed by atoms with E-state index in [0.717, 1.165) is 12.2 Å². The number of thioether (sulfide) groups is 1. The predicted octanol–water partition coefficient (Wildman–Crippen LogP) is 5.56. The fourth-order valence-corrected chi connectivity index (χ4v) is 3.78. The number of ether oxygens (including phenoxy) is 1. The summed E-state index contributed by atoms with van der Waals surface area (Å²) >= 11 is 13.2. The van der Waals surface area contributed by atoms with Gasteiger partial charge in [0, 0.05) is 12.7 Å². The Morgan fingerprint density at radius 2 is 1.90 bits per heavy atom. The molecule has 0 spiro atoms. The molecule has 9 heteroatoms. The van der Waals surface area contributed by atoms with Crippen LogP contribution in [0, 0.1) is 0 Å². The number of hydrogen-bond acceptors (Lipinski definition) is 5. The Bertz CT molecular complexity index is 1020. The van der Waals surface area contributed by atoms with E-state index in [2.05, 4.69) is 22.4 Å². The first kappa shape index (κ1) is 22.5. The Morgan fingerprint density at radius 1 is 1.17 bits per heavy atom. The molecule has 6 nitrogen and oxygen atoms in total. The maximum Gasteiger partial charge on any atom is 0.234 e. The number of rotatable bonds is 8. The van der Waals surface area contributed by atoms with Crippen molar-refractivity contribution < 1.29 is 9.53 Å². The highest BCUT2D eigenvalue weighted by Crippen LogP contribution is 2.26. The van der Waals surface area contributed by atoms with Crippen molar-refractivity contribution in [2.45, 2.75) is 31.5 Å². The van der Waals surface area contributed by atoms with Crippen LogP contribution in [0.25, 0.3) is 0 Å².